The molecule has 1 aliphatic rings. The number of nitrogens with zero attached hydrogens (tertiary/aromatic N) is 5. The molecule has 4 rings (SSSR count). The zero-order chi connectivity index (χ0) is 21.8. The first-order valence-electron chi connectivity index (χ1n) is 10.7. The molecule has 1 aliphatic heterocycles. The first-order chi connectivity index (χ1) is 15.0. The largest absolute Gasteiger partial charge is 0.339 e. The van der Waals surface area contributed by atoms with Gasteiger partial charge in [-0.1, -0.05) is 66.4 Å². The van der Waals surface area contributed by atoms with E-state index in [-0.39, 0.29) is 11.2 Å². The van der Waals surface area contributed by atoms with Crippen LogP contribution in [0.1, 0.15) is 18.1 Å². The Bertz CT molecular complexity index is 1030. The van der Waals surface area contributed by atoms with E-state index in [2.05, 4.69) is 58.4 Å². The van der Waals surface area contributed by atoms with Gasteiger partial charge in [0.15, 0.2) is 11.0 Å². The lowest BCUT2D eigenvalue weighted by Crippen LogP contribution is -2.50. The van der Waals surface area contributed by atoms with Crippen molar-refractivity contribution in [2.24, 2.45) is 7.05 Å². The van der Waals surface area contributed by atoms with E-state index >= 15 is 0 Å². The Labute approximate surface area is 188 Å². The van der Waals surface area contributed by atoms with E-state index in [1.807, 2.05) is 41.6 Å². The van der Waals surface area contributed by atoms with Crippen molar-refractivity contribution in [1.82, 2.24) is 24.6 Å². The lowest BCUT2D eigenvalue weighted by atomic mass is 10.1. The summed E-state index contributed by atoms with van der Waals surface area (Å²) in [5.41, 5.74) is 3.54. The van der Waals surface area contributed by atoms with Crippen molar-refractivity contribution in [2.45, 2.75) is 30.8 Å². The summed E-state index contributed by atoms with van der Waals surface area (Å²) < 4.78 is 1.98. The average Bonchev–Trinajstić information content (AvgIpc) is 3.14. The van der Waals surface area contributed by atoms with Crippen LogP contribution in [-0.4, -0.2) is 61.9 Å². The Hall–Kier alpha value is -2.64. The molecule has 1 unspecified atom stereocenters. The van der Waals surface area contributed by atoms with E-state index in [1.165, 1.54) is 17.3 Å². The minimum Gasteiger partial charge on any atom is -0.339 e. The van der Waals surface area contributed by atoms with Crippen molar-refractivity contribution in [1.29, 1.82) is 0 Å². The number of aromatic nitrogens is 3. The van der Waals surface area contributed by atoms with E-state index in [9.17, 15) is 4.79 Å². The van der Waals surface area contributed by atoms with Gasteiger partial charge >= 0.3 is 0 Å². The summed E-state index contributed by atoms with van der Waals surface area (Å²) >= 11 is 1.48. The number of carbonyl (C=O) groups is 1. The summed E-state index contributed by atoms with van der Waals surface area (Å²) in [6.07, 6.45) is 0. The maximum Gasteiger partial charge on any atom is 0.235 e. The molecule has 2 heterocycles. The second-order valence-corrected chi connectivity index (χ2v) is 9.34. The van der Waals surface area contributed by atoms with Gasteiger partial charge in [0.25, 0.3) is 0 Å². The topological polar surface area (TPSA) is 54.3 Å². The van der Waals surface area contributed by atoms with Gasteiger partial charge in [0.05, 0.1) is 5.25 Å². The van der Waals surface area contributed by atoms with E-state index in [0.29, 0.717) is 0 Å². The van der Waals surface area contributed by atoms with Crippen molar-refractivity contribution < 1.29 is 4.79 Å². The molecular weight excluding hydrogens is 406 g/mol. The van der Waals surface area contributed by atoms with Crippen LogP contribution < -0.4 is 0 Å². The zero-order valence-electron chi connectivity index (χ0n) is 18.4. The number of benzene rings is 2. The van der Waals surface area contributed by atoms with E-state index in [4.69, 9.17) is 0 Å². The highest BCUT2D eigenvalue weighted by molar-refractivity contribution is 8.00. The number of aryl methyl sites for hydroxylation is 1. The number of carbonyl (C=O) groups excluding carboxylic acids is 1. The fourth-order valence-corrected chi connectivity index (χ4v) is 4.81. The minimum absolute atomic E-state index is 0.171. The fourth-order valence-electron chi connectivity index (χ4n) is 3.91. The van der Waals surface area contributed by atoms with Crippen LogP contribution >= 0.6 is 11.8 Å². The number of hydrogen-bond donors (Lipinski definition) is 0. The minimum atomic E-state index is -0.201. The Morgan fingerprint density at radius 2 is 1.68 bits per heavy atom. The molecule has 2 aromatic carbocycles. The average molecular weight is 436 g/mol. The van der Waals surface area contributed by atoms with Gasteiger partial charge in [0.2, 0.25) is 5.91 Å². The Balaban J connectivity index is 1.34. The molecule has 0 saturated carbocycles. The van der Waals surface area contributed by atoms with Crippen LogP contribution in [0.4, 0.5) is 0 Å². The molecule has 0 N–H and O–H groups in total. The lowest BCUT2D eigenvalue weighted by Gasteiger charge is -2.35. The predicted octanol–water partition coefficient (Wildman–Crippen LogP) is 3.62. The molecule has 0 spiro atoms. The Kier molecular flexibility index (Phi) is 6.73. The SMILES string of the molecule is Cc1ccccc1-c1nnc(SC(C)C(=O)N2CCN(Cc3ccccc3)CC2)n1C. The first kappa shape index (κ1) is 21.6. The van der Waals surface area contributed by atoms with E-state index < -0.39 is 0 Å². The molecule has 0 radical (unpaired) electrons. The zero-order valence-corrected chi connectivity index (χ0v) is 19.2. The number of piperazine rings is 1. The molecule has 31 heavy (non-hydrogen) atoms. The van der Waals surface area contributed by atoms with Gasteiger partial charge < -0.3 is 9.47 Å². The Morgan fingerprint density at radius 3 is 2.39 bits per heavy atom. The molecule has 1 saturated heterocycles. The molecule has 1 atom stereocenters. The Morgan fingerprint density at radius 1 is 1.00 bits per heavy atom. The molecule has 0 bridgehead atoms. The number of hydrogen-bond acceptors (Lipinski definition) is 5. The molecule has 1 aromatic heterocycles. The highest BCUT2D eigenvalue weighted by Gasteiger charge is 2.27. The van der Waals surface area contributed by atoms with Crippen LogP contribution in [0.15, 0.2) is 59.8 Å². The summed E-state index contributed by atoms with van der Waals surface area (Å²) in [6.45, 7) is 8.31. The van der Waals surface area contributed by atoms with Gasteiger partial charge in [-0.3, -0.25) is 9.69 Å². The van der Waals surface area contributed by atoms with Crippen LogP contribution in [0, 0.1) is 6.92 Å². The van der Waals surface area contributed by atoms with Gasteiger partial charge in [-0.15, -0.1) is 10.2 Å². The van der Waals surface area contributed by atoms with Crippen LogP contribution in [0.2, 0.25) is 0 Å². The first-order valence-corrected chi connectivity index (χ1v) is 11.6. The van der Waals surface area contributed by atoms with E-state index in [0.717, 1.165) is 54.8 Å². The summed E-state index contributed by atoms with van der Waals surface area (Å²) in [7, 11) is 1.96. The molecule has 7 heteroatoms. The van der Waals surface area contributed by atoms with Crippen molar-refractivity contribution >= 4 is 17.7 Å². The molecular formula is C24H29N5OS. The molecule has 6 nitrogen and oxygen atoms in total. The van der Waals surface area contributed by atoms with Gasteiger partial charge in [0.1, 0.15) is 0 Å². The second kappa shape index (κ2) is 9.66. The highest BCUT2D eigenvalue weighted by atomic mass is 32.2. The maximum atomic E-state index is 13.0. The quantitative estimate of drug-likeness (QED) is 0.554. The lowest BCUT2D eigenvalue weighted by molar-refractivity contribution is -0.132. The summed E-state index contributed by atoms with van der Waals surface area (Å²) in [5, 5.41) is 9.30. The van der Waals surface area contributed by atoms with Gasteiger partial charge in [-0.25, -0.2) is 0 Å². The monoisotopic (exact) mass is 435 g/mol. The number of rotatable bonds is 6. The third-order valence-corrected chi connectivity index (χ3v) is 6.91. The number of amides is 1. The third kappa shape index (κ3) is 4.99. The van der Waals surface area contributed by atoms with Crippen molar-refractivity contribution in [2.75, 3.05) is 26.2 Å². The predicted molar refractivity (Wildman–Crippen MR) is 125 cm³/mol. The van der Waals surface area contributed by atoms with E-state index in [1.54, 1.807) is 0 Å². The van der Waals surface area contributed by atoms with Gasteiger partial charge in [-0.2, -0.15) is 0 Å². The van der Waals surface area contributed by atoms with Crippen molar-refractivity contribution in [3.05, 3.63) is 65.7 Å². The van der Waals surface area contributed by atoms with Crippen molar-refractivity contribution in [3.8, 4) is 11.4 Å². The maximum absolute atomic E-state index is 13.0. The standard InChI is InChI=1S/C24H29N5OS/c1-18-9-7-8-12-21(18)22-25-26-24(27(22)3)31-19(2)23(30)29-15-13-28(14-16-29)17-20-10-5-4-6-11-20/h4-12,19H,13-17H2,1-3H3. The number of thioether (sulfide) groups is 1. The van der Waals surface area contributed by atoms with Crippen LogP contribution in [-0.2, 0) is 18.4 Å². The third-order valence-electron chi connectivity index (χ3n) is 5.78. The second-order valence-electron chi connectivity index (χ2n) is 8.03. The molecule has 1 amide bonds. The molecule has 0 aliphatic carbocycles. The smallest absolute Gasteiger partial charge is 0.235 e. The van der Waals surface area contributed by atoms with Crippen LogP contribution in [0.3, 0.4) is 0 Å². The summed E-state index contributed by atoms with van der Waals surface area (Å²) in [6, 6.07) is 18.7. The van der Waals surface area contributed by atoms with Crippen LogP contribution in [0.25, 0.3) is 11.4 Å². The molecule has 3 aromatic rings. The van der Waals surface area contributed by atoms with Gasteiger partial charge in [0, 0.05) is 45.3 Å². The normalized spacial score (nSPS) is 15.8. The summed E-state index contributed by atoms with van der Waals surface area (Å²) in [5.74, 6) is 1.000. The fraction of sp³-hybridized carbons (Fsp3) is 0.375. The van der Waals surface area contributed by atoms with Gasteiger partial charge in [-0.05, 0) is 25.0 Å². The van der Waals surface area contributed by atoms with Crippen LogP contribution in [0.5, 0.6) is 0 Å². The highest BCUT2D eigenvalue weighted by Crippen LogP contribution is 2.28. The molecule has 1 fully saturated rings. The molecule has 162 valence electrons. The van der Waals surface area contributed by atoms with Crippen molar-refractivity contribution in [3.63, 3.8) is 0 Å². The summed E-state index contributed by atoms with van der Waals surface area (Å²) in [4.78, 5) is 17.4.